The number of rotatable bonds is 27. The lowest BCUT2D eigenvalue weighted by Gasteiger charge is -2.26. The van der Waals surface area contributed by atoms with Crippen molar-refractivity contribution in [3.05, 3.63) is 103 Å². The maximum atomic E-state index is 13.7. The lowest BCUT2D eigenvalue weighted by Crippen LogP contribution is -2.30. The molecule has 17 heteroatoms. The van der Waals surface area contributed by atoms with Gasteiger partial charge in [0.15, 0.2) is 11.5 Å². The molecule has 7 rings (SSSR count). The number of thiophene rings is 1. The second-order valence-corrected chi connectivity index (χ2v) is 20.2. The van der Waals surface area contributed by atoms with Crippen LogP contribution in [0.4, 0.5) is 0 Å². The molecule has 2 saturated carbocycles. The van der Waals surface area contributed by atoms with Crippen LogP contribution >= 0.6 is 22.7 Å². The lowest BCUT2D eigenvalue weighted by atomic mass is 9.82. The van der Waals surface area contributed by atoms with Crippen LogP contribution in [0, 0.1) is 23.7 Å². The van der Waals surface area contributed by atoms with E-state index in [-0.39, 0.29) is 29.5 Å². The highest BCUT2D eigenvalue weighted by molar-refractivity contribution is 7.25. The summed E-state index contributed by atoms with van der Waals surface area (Å²) in [5.74, 6) is -1.14. The summed E-state index contributed by atoms with van der Waals surface area (Å²) in [6, 6.07) is 21.0. The molecule has 0 spiro atoms. The van der Waals surface area contributed by atoms with E-state index in [1.165, 1.54) is 22.7 Å². The van der Waals surface area contributed by atoms with Gasteiger partial charge in [-0.1, -0.05) is 19.2 Å². The summed E-state index contributed by atoms with van der Waals surface area (Å²) >= 11 is 2.87. The smallest absolute Gasteiger partial charge is 0.330 e. The second kappa shape index (κ2) is 28.6. The number of benzene rings is 3. The van der Waals surface area contributed by atoms with E-state index in [1.54, 1.807) is 60.7 Å². The first-order valence-electron chi connectivity index (χ1n) is 25.4. The normalized spacial score (nSPS) is 17.3. The third-order valence-electron chi connectivity index (χ3n) is 12.9. The van der Waals surface area contributed by atoms with Gasteiger partial charge in [0.05, 0.1) is 55.0 Å². The molecule has 0 unspecified atom stereocenters. The number of hydrogen-bond donors (Lipinski definition) is 0. The summed E-state index contributed by atoms with van der Waals surface area (Å²) in [4.78, 5) is 81.6. The molecular formula is C57H63NO14S2. The minimum absolute atomic E-state index is 0.261. The van der Waals surface area contributed by atoms with E-state index in [0.717, 1.165) is 68.4 Å². The molecule has 2 aliphatic carbocycles. The molecule has 3 aromatic carbocycles. The summed E-state index contributed by atoms with van der Waals surface area (Å²) in [6.45, 7) is 8.59. The van der Waals surface area contributed by atoms with Crippen LogP contribution in [-0.2, 0) is 38.2 Å². The number of unbranched alkanes of at least 4 members (excludes halogenated alkanes) is 6. The topological polar surface area (TPSA) is 189 Å². The number of carbonyl (C=O) groups is 6. The van der Waals surface area contributed by atoms with Gasteiger partial charge >= 0.3 is 35.8 Å². The van der Waals surface area contributed by atoms with E-state index < -0.39 is 35.7 Å². The summed E-state index contributed by atoms with van der Waals surface area (Å²) in [5.41, 5.74) is 0.412. The Balaban J connectivity index is 0.836. The predicted octanol–water partition coefficient (Wildman–Crippen LogP) is 12.0. The zero-order valence-corrected chi connectivity index (χ0v) is 43.1. The van der Waals surface area contributed by atoms with Crippen LogP contribution in [0.2, 0.25) is 0 Å². The van der Waals surface area contributed by atoms with Crippen molar-refractivity contribution in [1.82, 2.24) is 4.98 Å². The number of aromatic nitrogens is 1. The molecule has 5 aromatic rings. The molecule has 0 amide bonds. The highest BCUT2D eigenvalue weighted by Crippen LogP contribution is 2.43. The number of ether oxygens (including phenoxy) is 8. The van der Waals surface area contributed by atoms with E-state index in [1.807, 2.05) is 17.5 Å². The average molecular weight is 1050 g/mol. The molecule has 0 saturated heterocycles. The van der Waals surface area contributed by atoms with E-state index >= 15 is 0 Å². The van der Waals surface area contributed by atoms with Crippen molar-refractivity contribution in [2.45, 2.75) is 103 Å². The summed E-state index contributed by atoms with van der Waals surface area (Å²) in [7, 11) is 0. The van der Waals surface area contributed by atoms with Crippen LogP contribution in [0.15, 0.2) is 103 Å². The molecule has 2 aliphatic rings. The Kier molecular flexibility index (Phi) is 21.2. The van der Waals surface area contributed by atoms with E-state index in [4.69, 9.17) is 42.9 Å². The summed E-state index contributed by atoms with van der Waals surface area (Å²) in [6.07, 6.45) is 13.0. The van der Waals surface area contributed by atoms with Crippen LogP contribution in [0.5, 0.6) is 34.5 Å². The van der Waals surface area contributed by atoms with Gasteiger partial charge in [-0.05, 0) is 175 Å². The van der Waals surface area contributed by atoms with E-state index in [0.29, 0.717) is 122 Å². The highest BCUT2D eigenvalue weighted by atomic mass is 32.1. The van der Waals surface area contributed by atoms with Crippen molar-refractivity contribution in [1.29, 1.82) is 0 Å². The first kappa shape index (κ1) is 54.9. The Labute approximate surface area is 439 Å². The number of thiazole rings is 1. The molecule has 2 aromatic heterocycles. The number of carbonyl (C=O) groups excluding carboxylic acids is 6. The second-order valence-electron chi connectivity index (χ2n) is 18.2. The highest BCUT2D eigenvalue weighted by Gasteiger charge is 2.35. The molecule has 0 aliphatic heterocycles. The first-order chi connectivity index (χ1) is 36.1. The number of esters is 6. The SMILES string of the molecule is C=CC(=O)OCCCCCCOc1ccc(OC(=O)[C@H]2CC[C@H](C(=O)Oc3ccc(OC(=O)[C@H]4CC[C@H](C(=O)Oc5ccc(OCCCCCCOC(=O)C=C)cc5)CC4)c4sc(-c5cccs5)nc34)CC2)cc1. The Morgan fingerprint density at radius 1 is 0.486 bits per heavy atom. The summed E-state index contributed by atoms with van der Waals surface area (Å²) < 4.78 is 45.7. The van der Waals surface area contributed by atoms with Gasteiger partial charge in [0.2, 0.25) is 0 Å². The number of fused-ring (bicyclic) bond motifs is 1. The minimum Gasteiger partial charge on any atom is -0.494 e. The number of hydrogen-bond acceptors (Lipinski definition) is 17. The van der Waals surface area contributed by atoms with Gasteiger partial charge < -0.3 is 37.9 Å². The monoisotopic (exact) mass is 1050 g/mol. The van der Waals surface area contributed by atoms with Crippen molar-refractivity contribution < 1.29 is 66.7 Å². The van der Waals surface area contributed by atoms with E-state index in [2.05, 4.69) is 13.2 Å². The van der Waals surface area contributed by atoms with Crippen molar-refractivity contribution in [3.8, 4) is 44.4 Å². The average Bonchev–Trinajstić information content (AvgIpc) is 4.14. The molecule has 0 N–H and O–H groups in total. The lowest BCUT2D eigenvalue weighted by molar-refractivity contribution is -0.145. The fourth-order valence-electron chi connectivity index (χ4n) is 8.71. The minimum atomic E-state index is -0.428. The first-order valence-corrected chi connectivity index (χ1v) is 27.1. The Morgan fingerprint density at radius 2 is 0.878 bits per heavy atom. The van der Waals surface area contributed by atoms with Crippen molar-refractivity contribution in [3.63, 3.8) is 0 Å². The van der Waals surface area contributed by atoms with Gasteiger partial charge in [-0.3, -0.25) is 19.2 Å². The van der Waals surface area contributed by atoms with Crippen LogP contribution in [-0.4, -0.2) is 67.2 Å². The number of nitrogens with zero attached hydrogens (tertiary/aromatic N) is 1. The maximum Gasteiger partial charge on any atom is 0.330 e. The Hall–Kier alpha value is -6.85. The van der Waals surface area contributed by atoms with Crippen molar-refractivity contribution >= 4 is 68.7 Å². The van der Waals surface area contributed by atoms with Gasteiger partial charge in [-0.25, -0.2) is 14.6 Å². The molecule has 392 valence electrons. The van der Waals surface area contributed by atoms with Crippen LogP contribution in [0.3, 0.4) is 0 Å². The molecular weight excluding hydrogens is 987 g/mol. The molecule has 74 heavy (non-hydrogen) atoms. The van der Waals surface area contributed by atoms with Gasteiger partial charge in [0.25, 0.3) is 0 Å². The Bertz CT molecular complexity index is 2500. The molecule has 0 radical (unpaired) electrons. The van der Waals surface area contributed by atoms with Crippen molar-refractivity contribution in [2.75, 3.05) is 26.4 Å². The van der Waals surface area contributed by atoms with E-state index in [9.17, 15) is 28.8 Å². The Morgan fingerprint density at radius 3 is 1.30 bits per heavy atom. The van der Waals surface area contributed by atoms with Crippen LogP contribution in [0.25, 0.3) is 20.1 Å². The maximum absolute atomic E-state index is 13.7. The molecule has 15 nitrogen and oxygen atoms in total. The fourth-order valence-corrected chi connectivity index (χ4v) is 10.5. The molecule has 2 fully saturated rings. The predicted molar refractivity (Wildman–Crippen MR) is 279 cm³/mol. The largest absolute Gasteiger partial charge is 0.494 e. The fraction of sp³-hybridized carbons (Fsp3) is 0.421. The van der Waals surface area contributed by atoms with Gasteiger partial charge in [-0.15, -0.1) is 22.7 Å². The summed E-state index contributed by atoms with van der Waals surface area (Å²) in [5, 5.41) is 2.64. The van der Waals surface area contributed by atoms with Gasteiger partial charge in [0.1, 0.15) is 38.2 Å². The zero-order valence-electron chi connectivity index (χ0n) is 41.5. The molecule has 2 heterocycles. The van der Waals surface area contributed by atoms with Gasteiger partial charge in [0, 0.05) is 12.2 Å². The zero-order chi connectivity index (χ0) is 52.1. The quantitative estimate of drug-likeness (QED) is 0.0209. The van der Waals surface area contributed by atoms with Crippen LogP contribution < -0.4 is 28.4 Å². The van der Waals surface area contributed by atoms with Crippen LogP contribution in [0.1, 0.15) is 103 Å². The van der Waals surface area contributed by atoms with Gasteiger partial charge in [-0.2, -0.15) is 0 Å². The third kappa shape index (κ3) is 16.6. The molecule has 0 atom stereocenters. The standard InChI is InChI=1S/C57H63NO14S2/c1-3-49(59)67-35-11-7-5-9-33-65-42-23-27-44(28-24-42)69-54(61)38-15-19-40(20-16-38)56(63)71-46-31-32-47(52-51(46)58-53(74-52)48-14-13-37-73-48)72-57(64)41-21-17-39(18-22-41)55(62)70-45-29-25-43(26-30-45)66-34-10-6-8-12-36-68-50(60)4-2/h3-4,13-14,23-32,37-41H,1-2,5-12,15-22,33-36H2/t38-,39-,40-,41-. The molecule has 0 bridgehead atoms. The van der Waals surface area contributed by atoms with Crippen molar-refractivity contribution in [2.24, 2.45) is 23.7 Å². The third-order valence-corrected chi connectivity index (χ3v) is 15.0.